The molecule has 1 heterocycles. The molecule has 5 nitrogen and oxygen atoms in total. The molecule has 2 N–H and O–H groups in total. The number of nitrogens with zero attached hydrogens (tertiary/aromatic N) is 4. The van der Waals surface area contributed by atoms with Crippen molar-refractivity contribution in [2.75, 3.05) is 10.6 Å². The van der Waals surface area contributed by atoms with E-state index in [0.717, 1.165) is 28.3 Å². The molecular weight excluding hydrogens is 370 g/mol. The number of hydrogen-bond acceptors (Lipinski definition) is 4. The molecule has 0 spiro atoms. The summed E-state index contributed by atoms with van der Waals surface area (Å²) in [5.41, 5.74) is 13.5. The van der Waals surface area contributed by atoms with Crippen molar-refractivity contribution in [2.24, 2.45) is 5.10 Å². The summed E-state index contributed by atoms with van der Waals surface area (Å²) in [6.45, 7) is 6.09. The first-order valence-electron chi connectivity index (χ1n) is 9.89. The zero-order valence-corrected chi connectivity index (χ0v) is 17.4. The highest BCUT2D eigenvalue weighted by Crippen LogP contribution is 2.34. The van der Waals surface area contributed by atoms with Crippen molar-refractivity contribution in [1.29, 1.82) is 0 Å². The summed E-state index contributed by atoms with van der Waals surface area (Å²) in [6.07, 6.45) is 3.58. The van der Waals surface area contributed by atoms with Gasteiger partial charge in [-0.05, 0) is 62.7 Å². The van der Waals surface area contributed by atoms with Gasteiger partial charge >= 0.3 is 0 Å². The van der Waals surface area contributed by atoms with E-state index in [0.29, 0.717) is 5.95 Å². The number of imidazole rings is 1. The third-order valence-corrected chi connectivity index (χ3v) is 4.90. The molecule has 0 bridgehead atoms. The Morgan fingerprint density at radius 2 is 1.23 bits per heavy atom. The number of anilines is 4. The number of nitrogens with two attached hydrogens (primary N) is 1. The van der Waals surface area contributed by atoms with Crippen LogP contribution in [0.3, 0.4) is 0 Å². The van der Waals surface area contributed by atoms with Crippen LogP contribution in [-0.2, 0) is 0 Å². The number of aryl methyl sites for hydroxylation is 3. The zero-order valence-electron chi connectivity index (χ0n) is 17.4. The summed E-state index contributed by atoms with van der Waals surface area (Å²) in [5.74, 6) is 0.380. The van der Waals surface area contributed by atoms with Crippen LogP contribution in [0.15, 0.2) is 84.1 Å². The Morgan fingerprint density at radius 1 is 0.767 bits per heavy atom. The molecule has 0 fully saturated rings. The SMILES string of the molecule is Cc1ccc(N(c2ccc(C)cc2)c2ccc(C=Nn3cc(C)nc3N)cc2)cc1. The Kier molecular flexibility index (Phi) is 5.35. The molecule has 0 atom stereocenters. The van der Waals surface area contributed by atoms with Gasteiger partial charge in [-0.25, -0.2) is 9.66 Å². The van der Waals surface area contributed by atoms with Crippen LogP contribution < -0.4 is 10.6 Å². The van der Waals surface area contributed by atoms with E-state index in [2.05, 4.69) is 89.5 Å². The molecule has 0 amide bonds. The van der Waals surface area contributed by atoms with Crippen LogP contribution in [0.4, 0.5) is 23.0 Å². The molecule has 0 unspecified atom stereocenters. The molecule has 4 rings (SSSR count). The summed E-state index contributed by atoms with van der Waals surface area (Å²) in [7, 11) is 0. The number of aromatic nitrogens is 2. The van der Waals surface area contributed by atoms with E-state index < -0.39 is 0 Å². The second-order valence-electron chi connectivity index (χ2n) is 7.43. The second-order valence-corrected chi connectivity index (χ2v) is 7.43. The quantitative estimate of drug-likeness (QED) is 0.438. The first kappa shape index (κ1) is 19.5. The molecule has 5 heteroatoms. The van der Waals surface area contributed by atoms with Crippen molar-refractivity contribution < 1.29 is 0 Å². The fraction of sp³-hybridized carbons (Fsp3) is 0.120. The summed E-state index contributed by atoms with van der Waals surface area (Å²) in [5, 5.41) is 4.40. The molecule has 1 aromatic heterocycles. The van der Waals surface area contributed by atoms with Gasteiger partial charge in [0, 0.05) is 17.1 Å². The van der Waals surface area contributed by atoms with E-state index in [1.165, 1.54) is 11.1 Å². The molecule has 30 heavy (non-hydrogen) atoms. The van der Waals surface area contributed by atoms with E-state index >= 15 is 0 Å². The van der Waals surface area contributed by atoms with Crippen LogP contribution in [0.2, 0.25) is 0 Å². The molecule has 0 aliphatic rings. The highest BCUT2D eigenvalue weighted by molar-refractivity contribution is 5.82. The van der Waals surface area contributed by atoms with E-state index in [9.17, 15) is 0 Å². The molecule has 0 aliphatic heterocycles. The Morgan fingerprint density at radius 3 is 1.67 bits per heavy atom. The first-order valence-corrected chi connectivity index (χ1v) is 9.89. The standard InChI is InChI=1S/C25H25N5/c1-18-4-10-22(11-5-18)30(23-12-6-19(2)7-13-23)24-14-8-21(9-15-24)16-27-29-17-20(3)28-25(29)26/h4-17H,1-3H3,(H2,26,28). The van der Waals surface area contributed by atoms with Crippen molar-refractivity contribution in [3.8, 4) is 0 Å². The Labute approximate surface area is 177 Å². The summed E-state index contributed by atoms with van der Waals surface area (Å²) >= 11 is 0. The maximum absolute atomic E-state index is 5.85. The van der Waals surface area contributed by atoms with Gasteiger partial charge in [-0.15, -0.1) is 0 Å². The minimum Gasteiger partial charge on any atom is -0.368 e. The lowest BCUT2D eigenvalue weighted by atomic mass is 10.1. The van der Waals surface area contributed by atoms with Gasteiger partial charge in [0.15, 0.2) is 0 Å². The number of rotatable bonds is 5. The van der Waals surface area contributed by atoms with E-state index in [4.69, 9.17) is 5.73 Å². The highest BCUT2D eigenvalue weighted by atomic mass is 15.4. The predicted octanol–water partition coefficient (Wildman–Crippen LogP) is 5.74. The van der Waals surface area contributed by atoms with Gasteiger partial charge in [-0.3, -0.25) is 0 Å². The number of benzene rings is 3. The van der Waals surface area contributed by atoms with Crippen LogP contribution in [0.1, 0.15) is 22.4 Å². The predicted molar refractivity (Wildman–Crippen MR) is 125 cm³/mol. The van der Waals surface area contributed by atoms with Crippen molar-refractivity contribution >= 4 is 29.2 Å². The zero-order chi connectivity index (χ0) is 21.1. The van der Waals surface area contributed by atoms with E-state index in [1.807, 2.05) is 19.1 Å². The van der Waals surface area contributed by atoms with Crippen LogP contribution in [0, 0.1) is 20.8 Å². The van der Waals surface area contributed by atoms with Crippen molar-refractivity contribution in [3.63, 3.8) is 0 Å². The summed E-state index contributed by atoms with van der Waals surface area (Å²) in [4.78, 5) is 6.41. The van der Waals surface area contributed by atoms with Gasteiger partial charge < -0.3 is 10.6 Å². The maximum atomic E-state index is 5.85. The average Bonchev–Trinajstić information content (AvgIpc) is 3.07. The largest absolute Gasteiger partial charge is 0.368 e. The molecule has 0 saturated heterocycles. The van der Waals surface area contributed by atoms with Crippen molar-refractivity contribution in [2.45, 2.75) is 20.8 Å². The number of nitrogen functional groups attached to an aromatic ring is 1. The lowest BCUT2D eigenvalue weighted by Gasteiger charge is -2.25. The van der Waals surface area contributed by atoms with Gasteiger partial charge in [0.25, 0.3) is 0 Å². The molecule has 0 saturated carbocycles. The fourth-order valence-electron chi connectivity index (χ4n) is 3.27. The van der Waals surface area contributed by atoms with E-state index in [-0.39, 0.29) is 0 Å². The Bertz CT molecular complexity index is 1110. The molecular formula is C25H25N5. The van der Waals surface area contributed by atoms with Crippen molar-refractivity contribution in [3.05, 3.63) is 101 Å². The minimum atomic E-state index is 0.380. The Balaban J connectivity index is 1.66. The molecule has 4 aromatic rings. The average molecular weight is 396 g/mol. The van der Waals surface area contributed by atoms with Crippen LogP contribution >= 0.6 is 0 Å². The van der Waals surface area contributed by atoms with Crippen LogP contribution in [-0.4, -0.2) is 15.9 Å². The monoisotopic (exact) mass is 395 g/mol. The van der Waals surface area contributed by atoms with Crippen LogP contribution in [0.5, 0.6) is 0 Å². The highest BCUT2D eigenvalue weighted by Gasteiger charge is 2.12. The smallest absolute Gasteiger partial charge is 0.221 e. The lowest BCUT2D eigenvalue weighted by molar-refractivity contribution is 0.897. The topological polar surface area (TPSA) is 59.4 Å². The maximum Gasteiger partial charge on any atom is 0.221 e. The van der Waals surface area contributed by atoms with Gasteiger partial charge in [0.1, 0.15) is 0 Å². The first-order chi connectivity index (χ1) is 14.5. The lowest BCUT2D eigenvalue weighted by Crippen LogP contribution is -2.10. The molecule has 150 valence electrons. The molecule has 0 radical (unpaired) electrons. The van der Waals surface area contributed by atoms with Gasteiger partial charge in [-0.1, -0.05) is 47.5 Å². The van der Waals surface area contributed by atoms with Crippen molar-refractivity contribution in [1.82, 2.24) is 9.66 Å². The number of hydrogen-bond donors (Lipinski definition) is 1. The third-order valence-electron chi connectivity index (χ3n) is 4.90. The Hall–Kier alpha value is -3.86. The molecule has 3 aromatic carbocycles. The summed E-state index contributed by atoms with van der Waals surface area (Å²) < 4.78 is 1.58. The second kappa shape index (κ2) is 8.25. The molecule has 0 aliphatic carbocycles. The van der Waals surface area contributed by atoms with Crippen LogP contribution in [0.25, 0.3) is 0 Å². The normalized spacial score (nSPS) is 11.2. The van der Waals surface area contributed by atoms with Gasteiger partial charge in [0.2, 0.25) is 5.95 Å². The third kappa shape index (κ3) is 4.25. The van der Waals surface area contributed by atoms with E-state index in [1.54, 1.807) is 17.1 Å². The summed E-state index contributed by atoms with van der Waals surface area (Å²) in [6, 6.07) is 25.4. The van der Waals surface area contributed by atoms with Gasteiger partial charge in [-0.2, -0.15) is 5.10 Å². The van der Waals surface area contributed by atoms with Gasteiger partial charge in [0.05, 0.1) is 18.1 Å². The minimum absolute atomic E-state index is 0.380. The fourth-order valence-corrected chi connectivity index (χ4v) is 3.27.